The Balaban J connectivity index is 2.66. The molecule has 0 bridgehead atoms. The number of benzene rings is 2. The molecule has 2 rings (SSSR count). The van der Waals surface area contributed by atoms with Crippen molar-refractivity contribution in [2.45, 2.75) is 18.2 Å². The average molecular weight is 265 g/mol. The Morgan fingerprint density at radius 1 is 1.11 bits per heavy atom. The first kappa shape index (κ1) is 12.9. The van der Waals surface area contributed by atoms with E-state index in [1.54, 1.807) is 18.2 Å². The molecule has 2 aromatic carbocycles. The van der Waals surface area contributed by atoms with Crippen molar-refractivity contribution in [1.82, 2.24) is 0 Å². The van der Waals surface area contributed by atoms with Gasteiger partial charge in [0, 0.05) is 23.0 Å². The van der Waals surface area contributed by atoms with Gasteiger partial charge in [-0.05, 0) is 18.6 Å². The molecule has 0 radical (unpaired) electrons. The third kappa shape index (κ3) is 2.47. The predicted molar refractivity (Wildman–Crippen MR) is 72.5 cm³/mol. The molecule has 0 atom stereocenters. The number of anilines is 1. The standard InChI is InChI=1S/C13H15NO3S/c1-2-9-14-12-7-3-6-11-10(12)5-4-8-13(11)18(15,16)17/h3-8,14H,2,9H2,1H3,(H,15,16,17). The molecule has 0 saturated heterocycles. The quantitative estimate of drug-likeness (QED) is 0.834. The molecule has 0 heterocycles. The van der Waals surface area contributed by atoms with Crippen molar-refractivity contribution in [2.24, 2.45) is 0 Å². The first-order chi connectivity index (χ1) is 8.54. The summed E-state index contributed by atoms with van der Waals surface area (Å²) in [5, 5.41) is 4.56. The molecule has 0 fully saturated rings. The Morgan fingerprint density at radius 3 is 2.44 bits per heavy atom. The van der Waals surface area contributed by atoms with Crippen LogP contribution in [-0.4, -0.2) is 19.5 Å². The summed E-state index contributed by atoms with van der Waals surface area (Å²) in [7, 11) is -4.19. The van der Waals surface area contributed by atoms with Gasteiger partial charge in [0.15, 0.2) is 0 Å². The largest absolute Gasteiger partial charge is 0.385 e. The minimum Gasteiger partial charge on any atom is -0.385 e. The fourth-order valence-corrected chi connectivity index (χ4v) is 2.63. The lowest BCUT2D eigenvalue weighted by Gasteiger charge is -2.10. The lowest BCUT2D eigenvalue weighted by Crippen LogP contribution is -2.02. The Labute approximate surface area is 106 Å². The van der Waals surface area contributed by atoms with Crippen LogP contribution in [0.4, 0.5) is 5.69 Å². The van der Waals surface area contributed by atoms with E-state index in [0.29, 0.717) is 5.39 Å². The molecule has 0 saturated carbocycles. The summed E-state index contributed by atoms with van der Waals surface area (Å²) in [4.78, 5) is -0.0554. The second-order valence-electron chi connectivity index (χ2n) is 4.06. The highest BCUT2D eigenvalue weighted by atomic mass is 32.2. The maximum atomic E-state index is 11.3. The van der Waals surface area contributed by atoms with E-state index in [1.807, 2.05) is 12.1 Å². The normalized spacial score (nSPS) is 11.7. The maximum absolute atomic E-state index is 11.3. The van der Waals surface area contributed by atoms with E-state index in [4.69, 9.17) is 0 Å². The van der Waals surface area contributed by atoms with Crippen LogP contribution in [0.25, 0.3) is 10.8 Å². The number of hydrogen-bond acceptors (Lipinski definition) is 3. The first-order valence-electron chi connectivity index (χ1n) is 5.77. The van der Waals surface area contributed by atoms with Crippen LogP contribution in [-0.2, 0) is 10.1 Å². The fourth-order valence-electron chi connectivity index (χ4n) is 1.92. The highest BCUT2D eigenvalue weighted by Crippen LogP contribution is 2.28. The van der Waals surface area contributed by atoms with Gasteiger partial charge in [0.1, 0.15) is 4.90 Å². The van der Waals surface area contributed by atoms with Gasteiger partial charge >= 0.3 is 0 Å². The van der Waals surface area contributed by atoms with Gasteiger partial charge in [0.2, 0.25) is 0 Å². The highest BCUT2D eigenvalue weighted by Gasteiger charge is 2.14. The van der Waals surface area contributed by atoms with Crippen LogP contribution in [0.3, 0.4) is 0 Å². The molecule has 2 aromatic rings. The van der Waals surface area contributed by atoms with Gasteiger partial charge in [-0.15, -0.1) is 0 Å². The average Bonchev–Trinajstić information content (AvgIpc) is 2.34. The molecule has 0 unspecified atom stereocenters. The first-order valence-corrected chi connectivity index (χ1v) is 7.21. The second kappa shape index (κ2) is 4.96. The van der Waals surface area contributed by atoms with E-state index in [9.17, 15) is 13.0 Å². The lowest BCUT2D eigenvalue weighted by atomic mass is 10.1. The molecule has 4 nitrogen and oxygen atoms in total. The molecule has 0 aromatic heterocycles. The van der Waals surface area contributed by atoms with Crippen molar-refractivity contribution in [3.63, 3.8) is 0 Å². The molecule has 0 aliphatic rings. The highest BCUT2D eigenvalue weighted by molar-refractivity contribution is 7.86. The van der Waals surface area contributed by atoms with Crippen LogP contribution in [0.1, 0.15) is 13.3 Å². The maximum Gasteiger partial charge on any atom is 0.295 e. The predicted octanol–water partition coefficient (Wildman–Crippen LogP) is 2.91. The smallest absolute Gasteiger partial charge is 0.295 e. The summed E-state index contributed by atoms with van der Waals surface area (Å²) in [5.74, 6) is 0. The zero-order valence-corrected chi connectivity index (χ0v) is 10.9. The fraction of sp³-hybridized carbons (Fsp3) is 0.231. The van der Waals surface area contributed by atoms with Crippen LogP contribution in [0.2, 0.25) is 0 Å². The molecule has 18 heavy (non-hydrogen) atoms. The topological polar surface area (TPSA) is 66.4 Å². The molecule has 96 valence electrons. The Hall–Kier alpha value is -1.59. The molecule has 0 aliphatic carbocycles. The third-order valence-electron chi connectivity index (χ3n) is 2.73. The summed E-state index contributed by atoms with van der Waals surface area (Å²) in [6.45, 7) is 2.87. The SMILES string of the molecule is CCCNc1cccc2c(S(=O)(=O)O)cccc12. The zero-order valence-electron chi connectivity index (χ0n) is 10.1. The van der Waals surface area contributed by atoms with Crippen LogP contribution in [0.15, 0.2) is 41.3 Å². The minimum absolute atomic E-state index is 0.0554. The third-order valence-corrected chi connectivity index (χ3v) is 3.64. The molecule has 0 spiro atoms. The zero-order chi connectivity index (χ0) is 13.2. The van der Waals surface area contributed by atoms with Crippen LogP contribution in [0, 0.1) is 0 Å². The minimum atomic E-state index is -4.19. The van der Waals surface area contributed by atoms with Crippen molar-refractivity contribution >= 4 is 26.6 Å². The number of rotatable bonds is 4. The molecular formula is C13H15NO3S. The molecule has 0 amide bonds. The molecule has 5 heteroatoms. The van der Waals surface area contributed by atoms with E-state index in [0.717, 1.165) is 24.0 Å². The molecule has 0 aliphatic heterocycles. The van der Waals surface area contributed by atoms with E-state index in [2.05, 4.69) is 12.2 Å². The van der Waals surface area contributed by atoms with Gasteiger partial charge in [-0.2, -0.15) is 8.42 Å². The van der Waals surface area contributed by atoms with Crippen molar-refractivity contribution in [2.75, 3.05) is 11.9 Å². The van der Waals surface area contributed by atoms with E-state index in [1.165, 1.54) is 6.07 Å². The van der Waals surface area contributed by atoms with Crippen molar-refractivity contribution in [1.29, 1.82) is 0 Å². The van der Waals surface area contributed by atoms with Gasteiger partial charge in [0.25, 0.3) is 10.1 Å². The Kier molecular flexibility index (Phi) is 3.54. The van der Waals surface area contributed by atoms with Gasteiger partial charge in [-0.3, -0.25) is 4.55 Å². The Morgan fingerprint density at radius 2 is 1.78 bits per heavy atom. The number of hydrogen-bond donors (Lipinski definition) is 2. The van der Waals surface area contributed by atoms with Gasteiger partial charge < -0.3 is 5.32 Å². The summed E-state index contributed by atoms with van der Waals surface area (Å²) >= 11 is 0. The number of fused-ring (bicyclic) bond motifs is 1. The monoisotopic (exact) mass is 265 g/mol. The van der Waals surface area contributed by atoms with E-state index >= 15 is 0 Å². The van der Waals surface area contributed by atoms with Crippen molar-refractivity contribution < 1.29 is 13.0 Å². The van der Waals surface area contributed by atoms with Crippen LogP contribution >= 0.6 is 0 Å². The lowest BCUT2D eigenvalue weighted by molar-refractivity contribution is 0.484. The van der Waals surface area contributed by atoms with Gasteiger partial charge in [-0.1, -0.05) is 31.2 Å². The second-order valence-corrected chi connectivity index (χ2v) is 5.45. The van der Waals surface area contributed by atoms with Gasteiger partial charge in [-0.25, -0.2) is 0 Å². The Bertz CT molecular complexity index is 665. The van der Waals surface area contributed by atoms with Crippen LogP contribution < -0.4 is 5.32 Å². The summed E-state index contributed by atoms with van der Waals surface area (Å²) in [6, 6.07) is 10.2. The summed E-state index contributed by atoms with van der Waals surface area (Å²) < 4.78 is 31.8. The molecular weight excluding hydrogens is 250 g/mol. The van der Waals surface area contributed by atoms with Crippen molar-refractivity contribution in [3.8, 4) is 0 Å². The van der Waals surface area contributed by atoms with Gasteiger partial charge in [0.05, 0.1) is 0 Å². The summed E-state index contributed by atoms with van der Waals surface area (Å²) in [5.41, 5.74) is 0.875. The van der Waals surface area contributed by atoms with Crippen LogP contribution in [0.5, 0.6) is 0 Å². The van der Waals surface area contributed by atoms with E-state index < -0.39 is 10.1 Å². The summed E-state index contributed by atoms with van der Waals surface area (Å²) in [6.07, 6.45) is 0.981. The van der Waals surface area contributed by atoms with Crippen molar-refractivity contribution in [3.05, 3.63) is 36.4 Å². The molecule has 2 N–H and O–H groups in total. The number of nitrogens with one attached hydrogen (secondary N) is 1. The van der Waals surface area contributed by atoms with E-state index in [-0.39, 0.29) is 4.90 Å².